The molecule has 0 saturated carbocycles. The number of carbonyl (C=O) groups excluding carboxylic acids is 1. The lowest BCUT2D eigenvalue weighted by Gasteiger charge is -2.26. The quantitative estimate of drug-likeness (QED) is 0.127. The fourth-order valence-corrected chi connectivity index (χ4v) is 7.17. The summed E-state index contributed by atoms with van der Waals surface area (Å²) in [4.78, 5) is 36.2. The van der Waals surface area contributed by atoms with E-state index in [2.05, 4.69) is 29.2 Å². The molecule has 0 spiro atoms. The van der Waals surface area contributed by atoms with Gasteiger partial charge in [-0.1, -0.05) is 42.1 Å². The normalized spacial score (nSPS) is 13.3. The summed E-state index contributed by atoms with van der Waals surface area (Å²) in [5.41, 5.74) is 3.26. The van der Waals surface area contributed by atoms with Gasteiger partial charge >= 0.3 is 0 Å². The zero-order chi connectivity index (χ0) is 27.6. The standard InChI is InChI=1S/C31H26FN3O3S2/c1-38-24-13-11-23(12-14-24)35-30(37)28-25-15-16-34(17-20-5-3-2-4-6-20)18-27(25)40-29(28)33-31(35)39-19-26(36)21-7-9-22(32)10-8-21/h2-14H,15-19H2,1H3. The predicted octanol–water partition coefficient (Wildman–Crippen LogP) is 6.13. The minimum Gasteiger partial charge on any atom is -0.497 e. The molecule has 0 atom stereocenters. The summed E-state index contributed by atoms with van der Waals surface area (Å²) in [5, 5.41) is 1.10. The monoisotopic (exact) mass is 571 g/mol. The third kappa shape index (κ3) is 5.32. The van der Waals surface area contributed by atoms with E-state index in [0.29, 0.717) is 32.4 Å². The minimum absolute atomic E-state index is 0.0652. The average molecular weight is 572 g/mol. The number of ketones is 1. The van der Waals surface area contributed by atoms with Gasteiger partial charge in [-0.05, 0) is 66.1 Å². The number of aromatic nitrogens is 2. The minimum atomic E-state index is -0.395. The molecule has 202 valence electrons. The largest absolute Gasteiger partial charge is 0.497 e. The molecule has 6 nitrogen and oxygen atoms in total. The maximum atomic E-state index is 14.1. The molecule has 1 aliphatic heterocycles. The molecule has 40 heavy (non-hydrogen) atoms. The Balaban J connectivity index is 1.37. The van der Waals surface area contributed by atoms with Crippen molar-refractivity contribution in [2.45, 2.75) is 24.7 Å². The van der Waals surface area contributed by atoms with Crippen molar-refractivity contribution in [3.8, 4) is 11.4 Å². The zero-order valence-corrected chi connectivity index (χ0v) is 23.4. The molecule has 3 heterocycles. The van der Waals surface area contributed by atoms with Crippen molar-refractivity contribution in [3.05, 3.63) is 117 Å². The van der Waals surface area contributed by atoms with E-state index in [1.54, 1.807) is 35.1 Å². The number of benzene rings is 3. The highest BCUT2D eigenvalue weighted by Crippen LogP contribution is 2.35. The fraction of sp³-hybridized carbons (Fsp3) is 0.194. The van der Waals surface area contributed by atoms with Gasteiger partial charge in [0.05, 0.1) is 23.9 Å². The van der Waals surface area contributed by atoms with Crippen LogP contribution in [-0.2, 0) is 19.5 Å². The number of thioether (sulfide) groups is 1. The van der Waals surface area contributed by atoms with Crippen LogP contribution in [0.4, 0.5) is 4.39 Å². The molecule has 0 radical (unpaired) electrons. The first-order valence-electron chi connectivity index (χ1n) is 12.9. The van der Waals surface area contributed by atoms with Gasteiger partial charge in [0.1, 0.15) is 16.4 Å². The summed E-state index contributed by atoms with van der Waals surface area (Å²) in [6.07, 6.45) is 0.775. The number of hydrogen-bond donors (Lipinski definition) is 0. The van der Waals surface area contributed by atoms with Crippen molar-refractivity contribution in [2.24, 2.45) is 0 Å². The Morgan fingerprint density at radius 1 is 1.05 bits per heavy atom. The number of carbonyl (C=O) groups is 1. The van der Waals surface area contributed by atoms with Gasteiger partial charge in [0.25, 0.3) is 5.56 Å². The Kier molecular flexibility index (Phi) is 7.51. The molecule has 0 aliphatic carbocycles. The van der Waals surface area contributed by atoms with E-state index in [-0.39, 0.29) is 17.1 Å². The van der Waals surface area contributed by atoms with Crippen molar-refractivity contribution >= 4 is 39.1 Å². The summed E-state index contributed by atoms with van der Waals surface area (Å²) in [7, 11) is 1.59. The van der Waals surface area contributed by atoms with Crippen molar-refractivity contribution < 1.29 is 13.9 Å². The first kappa shape index (κ1) is 26.4. The van der Waals surface area contributed by atoms with E-state index in [0.717, 1.165) is 36.5 Å². The van der Waals surface area contributed by atoms with Crippen molar-refractivity contribution in [2.75, 3.05) is 19.4 Å². The number of Topliss-reactive ketones (excluding diaryl/α,β-unsaturated/α-hetero) is 1. The van der Waals surface area contributed by atoms with Crippen LogP contribution in [0.2, 0.25) is 0 Å². The van der Waals surface area contributed by atoms with Gasteiger partial charge in [-0.2, -0.15) is 0 Å². The molecule has 9 heteroatoms. The molecule has 5 aromatic rings. The van der Waals surface area contributed by atoms with E-state index in [9.17, 15) is 14.0 Å². The summed E-state index contributed by atoms with van der Waals surface area (Å²) in [6, 6.07) is 23.1. The number of fused-ring (bicyclic) bond motifs is 3. The van der Waals surface area contributed by atoms with E-state index < -0.39 is 5.82 Å². The van der Waals surface area contributed by atoms with Crippen LogP contribution in [0.25, 0.3) is 15.9 Å². The molecule has 6 rings (SSSR count). The Bertz CT molecular complexity index is 1730. The van der Waals surface area contributed by atoms with Gasteiger partial charge in [0, 0.05) is 30.1 Å². The van der Waals surface area contributed by atoms with Crippen LogP contribution in [0.5, 0.6) is 5.75 Å². The van der Waals surface area contributed by atoms with E-state index in [4.69, 9.17) is 9.72 Å². The molecule has 3 aromatic carbocycles. The number of halogens is 1. The fourth-order valence-electron chi connectivity index (χ4n) is 4.96. The third-order valence-corrected chi connectivity index (χ3v) is 9.05. The van der Waals surface area contributed by atoms with Crippen LogP contribution < -0.4 is 10.3 Å². The summed E-state index contributed by atoms with van der Waals surface area (Å²) in [6.45, 7) is 2.47. The van der Waals surface area contributed by atoms with Crippen molar-refractivity contribution in [1.29, 1.82) is 0 Å². The Hall–Kier alpha value is -3.79. The maximum absolute atomic E-state index is 14.1. The molecule has 0 unspecified atom stereocenters. The Labute approximate surface area is 239 Å². The smallest absolute Gasteiger partial charge is 0.267 e. The molecule has 0 fully saturated rings. The lowest BCUT2D eigenvalue weighted by molar-refractivity contribution is 0.102. The maximum Gasteiger partial charge on any atom is 0.267 e. The first-order valence-corrected chi connectivity index (χ1v) is 14.7. The SMILES string of the molecule is COc1ccc(-n2c(SCC(=O)c3ccc(F)cc3)nc3sc4c(c3c2=O)CCN(Cc2ccccc2)C4)cc1. The summed E-state index contributed by atoms with van der Waals surface area (Å²) >= 11 is 2.77. The predicted molar refractivity (Wildman–Crippen MR) is 157 cm³/mol. The molecule has 2 aromatic heterocycles. The Morgan fingerprint density at radius 3 is 2.52 bits per heavy atom. The summed E-state index contributed by atoms with van der Waals surface area (Å²) in [5.74, 6) is 0.185. The second kappa shape index (κ2) is 11.4. The van der Waals surface area contributed by atoms with Crippen LogP contribution in [0.1, 0.15) is 26.4 Å². The van der Waals surface area contributed by atoms with Crippen LogP contribution in [0.15, 0.2) is 88.8 Å². The number of thiophene rings is 1. The van der Waals surface area contributed by atoms with Gasteiger partial charge in [-0.25, -0.2) is 9.37 Å². The topological polar surface area (TPSA) is 64.4 Å². The third-order valence-electron chi connectivity index (χ3n) is 7.00. The van der Waals surface area contributed by atoms with Crippen LogP contribution in [0.3, 0.4) is 0 Å². The highest BCUT2D eigenvalue weighted by atomic mass is 32.2. The lowest BCUT2D eigenvalue weighted by atomic mass is 10.0. The first-order chi connectivity index (χ1) is 19.5. The van der Waals surface area contributed by atoms with Gasteiger partial charge in [0.2, 0.25) is 0 Å². The van der Waals surface area contributed by atoms with Crippen molar-refractivity contribution in [1.82, 2.24) is 14.5 Å². The zero-order valence-electron chi connectivity index (χ0n) is 21.8. The average Bonchev–Trinajstić information content (AvgIpc) is 3.35. The van der Waals surface area contributed by atoms with Crippen molar-refractivity contribution in [3.63, 3.8) is 0 Å². The van der Waals surface area contributed by atoms with Crippen LogP contribution in [0, 0.1) is 5.82 Å². The Morgan fingerprint density at radius 2 is 1.80 bits per heavy atom. The molecule has 0 bridgehead atoms. The van der Waals surface area contributed by atoms with Crippen LogP contribution >= 0.6 is 23.1 Å². The lowest BCUT2D eigenvalue weighted by Crippen LogP contribution is -2.30. The number of ether oxygens (including phenoxy) is 1. The highest BCUT2D eigenvalue weighted by molar-refractivity contribution is 7.99. The van der Waals surface area contributed by atoms with E-state index in [1.165, 1.54) is 41.6 Å². The second-order valence-electron chi connectivity index (χ2n) is 9.58. The van der Waals surface area contributed by atoms with Gasteiger partial charge in [0.15, 0.2) is 10.9 Å². The molecule has 0 N–H and O–H groups in total. The molecular weight excluding hydrogens is 545 g/mol. The molecule has 1 aliphatic rings. The highest BCUT2D eigenvalue weighted by Gasteiger charge is 2.26. The summed E-state index contributed by atoms with van der Waals surface area (Å²) < 4.78 is 20.2. The number of hydrogen-bond acceptors (Lipinski definition) is 7. The van der Waals surface area contributed by atoms with Gasteiger partial charge in [-0.3, -0.25) is 19.1 Å². The number of rotatable bonds is 8. The van der Waals surface area contributed by atoms with Crippen LogP contribution in [-0.4, -0.2) is 39.6 Å². The second-order valence-corrected chi connectivity index (χ2v) is 11.6. The van der Waals surface area contributed by atoms with E-state index >= 15 is 0 Å². The van der Waals surface area contributed by atoms with Gasteiger partial charge in [-0.15, -0.1) is 11.3 Å². The molecule has 0 amide bonds. The number of nitrogens with zero attached hydrogens (tertiary/aromatic N) is 3. The number of methoxy groups -OCH3 is 1. The molecule has 0 saturated heterocycles. The van der Waals surface area contributed by atoms with Gasteiger partial charge < -0.3 is 4.74 Å². The van der Waals surface area contributed by atoms with E-state index in [1.807, 2.05) is 18.2 Å². The molecular formula is C31H26FN3O3S2.